The van der Waals surface area contributed by atoms with Crippen LogP contribution in [0.25, 0.3) is 22.2 Å². The standard InChI is InChI=1S/C20H20ClF3N2O/c1-27-17-9-8-12(21)11-15(17)18-13(5-2-3-10-25)14-6-4-7-16(19(14)26-18)20(22,23)24/h4,6-9,11,26H,2-3,5,10,25H2,1H3. The second-order valence-electron chi connectivity index (χ2n) is 6.29. The Hall–Kier alpha value is -2.18. The first-order chi connectivity index (χ1) is 12.9. The van der Waals surface area contributed by atoms with E-state index in [2.05, 4.69) is 4.98 Å². The largest absolute Gasteiger partial charge is 0.496 e. The number of methoxy groups -OCH3 is 1. The Morgan fingerprint density at radius 3 is 2.59 bits per heavy atom. The van der Waals surface area contributed by atoms with Crippen LogP contribution in [0.5, 0.6) is 5.75 Å². The van der Waals surface area contributed by atoms with Crippen molar-refractivity contribution in [2.45, 2.75) is 25.4 Å². The van der Waals surface area contributed by atoms with Crippen LogP contribution in [0, 0.1) is 0 Å². The van der Waals surface area contributed by atoms with Crippen molar-refractivity contribution in [3.8, 4) is 17.0 Å². The van der Waals surface area contributed by atoms with Crippen LogP contribution in [0.1, 0.15) is 24.0 Å². The van der Waals surface area contributed by atoms with E-state index in [4.69, 9.17) is 22.1 Å². The summed E-state index contributed by atoms with van der Waals surface area (Å²) in [6.45, 7) is 0.534. The van der Waals surface area contributed by atoms with E-state index in [1.807, 2.05) is 0 Å². The molecule has 1 heterocycles. The van der Waals surface area contributed by atoms with Gasteiger partial charge in [0.25, 0.3) is 0 Å². The Balaban J connectivity index is 2.28. The lowest BCUT2D eigenvalue weighted by atomic mass is 9.99. The third-order valence-electron chi connectivity index (χ3n) is 4.56. The first-order valence-electron chi connectivity index (χ1n) is 8.61. The summed E-state index contributed by atoms with van der Waals surface area (Å²) in [6.07, 6.45) is -2.29. The molecule has 27 heavy (non-hydrogen) atoms. The Morgan fingerprint density at radius 2 is 1.93 bits per heavy atom. The van der Waals surface area contributed by atoms with Gasteiger partial charge in [-0.3, -0.25) is 0 Å². The van der Waals surface area contributed by atoms with E-state index in [-0.39, 0.29) is 5.52 Å². The van der Waals surface area contributed by atoms with Crippen molar-refractivity contribution in [3.63, 3.8) is 0 Å². The fraction of sp³-hybridized carbons (Fsp3) is 0.300. The number of unbranched alkanes of at least 4 members (excludes halogenated alkanes) is 1. The number of aromatic amines is 1. The molecule has 0 saturated heterocycles. The molecular weight excluding hydrogens is 377 g/mol. The van der Waals surface area contributed by atoms with Crippen molar-refractivity contribution in [2.75, 3.05) is 13.7 Å². The minimum atomic E-state index is -4.45. The van der Waals surface area contributed by atoms with Crippen LogP contribution in [0.3, 0.4) is 0 Å². The highest BCUT2D eigenvalue weighted by molar-refractivity contribution is 6.31. The first kappa shape index (κ1) is 19.6. The number of H-pyrrole nitrogens is 1. The summed E-state index contributed by atoms with van der Waals surface area (Å²) in [4.78, 5) is 2.99. The van der Waals surface area contributed by atoms with Gasteiger partial charge in [-0.25, -0.2) is 0 Å². The topological polar surface area (TPSA) is 51.0 Å². The minimum absolute atomic E-state index is 0.0739. The van der Waals surface area contributed by atoms with Crippen LogP contribution in [0.2, 0.25) is 5.02 Å². The zero-order valence-electron chi connectivity index (χ0n) is 14.8. The van der Waals surface area contributed by atoms with Crippen LogP contribution in [0.4, 0.5) is 13.2 Å². The molecule has 3 nitrogen and oxygen atoms in total. The highest BCUT2D eigenvalue weighted by atomic mass is 35.5. The number of halogens is 4. The number of para-hydroxylation sites is 1. The van der Waals surface area contributed by atoms with Gasteiger partial charge in [0.1, 0.15) is 5.75 Å². The first-order valence-corrected chi connectivity index (χ1v) is 8.99. The molecule has 3 rings (SSSR count). The van der Waals surface area contributed by atoms with Gasteiger partial charge in [-0.15, -0.1) is 0 Å². The molecule has 144 valence electrons. The number of aryl methyl sites for hydroxylation is 1. The molecule has 0 aliphatic rings. The summed E-state index contributed by atoms with van der Waals surface area (Å²) in [5.74, 6) is 0.541. The lowest BCUT2D eigenvalue weighted by Crippen LogP contribution is -2.05. The highest BCUT2D eigenvalue weighted by Crippen LogP contribution is 2.41. The molecule has 0 unspecified atom stereocenters. The smallest absolute Gasteiger partial charge is 0.418 e. The zero-order chi connectivity index (χ0) is 19.6. The van der Waals surface area contributed by atoms with Crippen molar-refractivity contribution >= 4 is 22.5 Å². The van der Waals surface area contributed by atoms with Gasteiger partial charge in [0.15, 0.2) is 0 Å². The Labute approximate surface area is 160 Å². The zero-order valence-corrected chi connectivity index (χ0v) is 15.5. The quantitative estimate of drug-likeness (QED) is 0.517. The van der Waals surface area contributed by atoms with E-state index >= 15 is 0 Å². The number of hydrogen-bond acceptors (Lipinski definition) is 2. The number of hydrogen-bond donors (Lipinski definition) is 2. The van der Waals surface area contributed by atoms with Crippen molar-refractivity contribution in [1.29, 1.82) is 0 Å². The number of benzene rings is 2. The average molecular weight is 397 g/mol. The SMILES string of the molecule is COc1ccc(Cl)cc1-c1[nH]c2c(C(F)(F)F)cccc2c1CCCCN. The average Bonchev–Trinajstić information content (AvgIpc) is 2.99. The van der Waals surface area contributed by atoms with Crippen LogP contribution < -0.4 is 10.5 Å². The van der Waals surface area contributed by atoms with Gasteiger partial charge in [0.05, 0.1) is 23.9 Å². The van der Waals surface area contributed by atoms with Gasteiger partial charge in [-0.05, 0) is 55.6 Å². The Morgan fingerprint density at radius 1 is 1.15 bits per heavy atom. The van der Waals surface area contributed by atoms with E-state index in [0.29, 0.717) is 40.4 Å². The van der Waals surface area contributed by atoms with Crippen molar-refractivity contribution < 1.29 is 17.9 Å². The minimum Gasteiger partial charge on any atom is -0.496 e. The maximum atomic E-state index is 13.5. The molecule has 0 aliphatic heterocycles. The monoisotopic (exact) mass is 396 g/mol. The number of ether oxygens (including phenoxy) is 1. The van der Waals surface area contributed by atoms with E-state index in [9.17, 15) is 13.2 Å². The molecule has 3 N–H and O–H groups in total. The molecule has 0 saturated carbocycles. The predicted molar refractivity (Wildman–Crippen MR) is 102 cm³/mol. The second kappa shape index (κ2) is 7.82. The third kappa shape index (κ3) is 3.92. The molecule has 3 aromatic rings. The van der Waals surface area contributed by atoms with Crippen LogP contribution in [0.15, 0.2) is 36.4 Å². The lowest BCUT2D eigenvalue weighted by molar-refractivity contribution is -0.136. The maximum Gasteiger partial charge on any atom is 0.418 e. The fourth-order valence-corrected chi connectivity index (χ4v) is 3.49. The molecule has 0 spiro atoms. The highest BCUT2D eigenvalue weighted by Gasteiger charge is 2.34. The number of aromatic nitrogens is 1. The lowest BCUT2D eigenvalue weighted by Gasteiger charge is -2.10. The van der Waals surface area contributed by atoms with Gasteiger partial charge in [-0.1, -0.05) is 23.7 Å². The maximum absolute atomic E-state index is 13.5. The van der Waals surface area contributed by atoms with Crippen molar-refractivity contribution in [1.82, 2.24) is 4.98 Å². The van der Waals surface area contributed by atoms with Crippen molar-refractivity contribution in [2.24, 2.45) is 5.73 Å². The number of nitrogens with two attached hydrogens (primary N) is 1. The number of nitrogens with one attached hydrogen (secondary N) is 1. The van der Waals surface area contributed by atoms with Crippen LogP contribution >= 0.6 is 11.6 Å². The molecule has 0 atom stereocenters. The third-order valence-corrected chi connectivity index (χ3v) is 4.79. The van der Waals surface area contributed by atoms with Gasteiger partial charge in [0.2, 0.25) is 0 Å². The molecule has 0 amide bonds. The summed E-state index contributed by atoms with van der Waals surface area (Å²) in [5, 5.41) is 1.03. The van der Waals surface area contributed by atoms with E-state index < -0.39 is 11.7 Å². The fourth-order valence-electron chi connectivity index (χ4n) is 3.32. The Bertz CT molecular complexity index is 950. The van der Waals surface area contributed by atoms with Gasteiger partial charge in [-0.2, -0.15) is 13.2 Å². The summed E-state index contributed by atoms with van der Waals surface area (Å²) < 4.78 is 45.9. The van der Waals surface area contributed by atoms with Gasteiger partial charge >= 0.3 is 6.18 Å². The molecule has 0 radical (unpaired) electrons. The van der Waals surface area contributed by atoms with E-state index in [1.165, 1.54) is 13.2 Å². The van der Waals surface area contributed by atoms with Gasteiger partial charge < -0.3 is 15.5 Å². The summed E-state index contributed by atoms with van der Waals surface area (Å²) in [6, 6.07) is 9.31. The van der Waals surface area contributed by atoms with E-state index in [0.717, 1.165) is 24.5 Å². The number of alkyl halides is 3. The molecule has 0 bridgehead atoms. The number of rotatable bonds is 6. The Kier molecular flexibility index (Phi) is 5.67. The molecule has 0 aliphatic carbocycles. The second-order valence-corrected chi connectivity index (χ2v) is 6.73. The van der Waals surface area contributed by atoms with E-state index in [1.54, 1.807) is 24.3 Å². The molecule has 0 fully saturated rings. The van der Waals surface area contributed by atoms with Gasteiger partial charge in [0, 0.05) is 16.0 Å². The molecule has 1 aromatic heterocycles. The summed E-state index contributed by atoms with van der Waals surface area (Å²) in [5.41, 5.74) is 7.01. The molecule has 7 heteroatoms. The molecular formula is C20H20ClF3N2O. The molecule has 2 aromatic carbocycles. The van der Waals surface area contributed by atoms with Crippen LogP contribution in [-0.2, 0) is 12.6 Å². The predicted octanol–water partition coefficient (Wildman–Crippen LogP) is 5.80. The summed E-state index contributed by atoms with van der Waals surface area (Å²) in [7, 11) is 1.52. The number of fused-ring (bicyclic) bond motifs is 1. The van der Waals surface area contributed by atoms with Crippen LogP contribution in [-0.4, -0.2) is 18.6 Å². The normalized spacial score (nSPS) is 11.9. The summed E-state index contributed by atoms with van der Waals surface area (Å²) >= 11 is 6.14. The van der Waals surface area contributed by atoms with Crippen molar-refractivity contribution in [3.05, 3.63) is 52.5 Å².